The summed E-state index contributed by atoms with van der Waals surface area (Å²) in [5, 5.41) is 11.8. The second-order valence-corrected chi connectivity index (χ2v) is 3.31. The zero-order chi connectivity index (χ0) is 10.7. The first-order chi connectivity index (χ1) is 6.56. The van der Waals surface area contributed by atoms with E-state index in [4.69, 9.17) is 16.9 Å². The lowest BCUT2D eigenvalue weighted by Gasteiger charge is -2.09. The molecule has 0 saturated carbocycles. The Balaban J connectivity index is 3.31. The minimum Gasteiger partial charge on any atom is -0.325 e. The van der Waals surface area contributed by atoms with Crippen LogP contribution in [0.1, 0.15) is 18.1 Å². The summed E-state index contributed by atoms with van der Waals surface area (Å²) >= 11 is 5.81. The summed E-state index contributed by atoms with van der Waals surface area (Å²) in [6.45, 7) is 3.20. The number of nitriles is 1. The van der Waals surface area contributed by atoms with Crippen LogP contribution in [0.3, 0.4) is 0 Å². The van der Waals surface area contributed by atoms with Crippen LogP contribution < -0.4 is 5.32 Å². The lowest BCUT2D eigenvalue weighted by atomic mass is 10.1. The molecule has 0 aliphatic rings. The molecule has 0 bridgehead atoms. The summed E-state index contributed by atoms with van der Waals surface area (Å²) in [4.78, 5) is 10.9. The Bertz CT molecular complexity index is 421. The number of nitrogens with one attached hydrogen (secondary N) is 1. The van der Waals surface area contributed by atoms with E-state index < -0.39 is 0 Å². The molecule has 14 heavy (non-hydrogen) atoms. The van der Waals surface area contributed by atoms with Crippen molar-refractivity contribution in [3.8, 4) is 6.07 Å². The third-order valence-electron chi connectivity index (χ3n) is 1.78. The fraction of sp³-hybridized carbons (Fsp3) is 0.200. The van der Waals surface area contributed by atoms with E-state index in [-0.39, 0.29) is 5.91 Å². The van der Waals surface area contributed by atoms with Crippen LogP contribution in [-0.2, 0) is 4.79 Å². The second kappa shape index (κ2) is 4.12. The van der Waals surface area contributed by atoms with Crippen LogP contribution in [0.25, 0.3) is 0 Å². The molecule has 3 nitrogen and oxygen atoms in total. The van der Waals surface area contributed by atoms with E-state index in [0.717, 1.165) is 5.56 Å². The molecule has 4 heteroatoms. The standard InChI is InChI=1S/C10H9ClN2O/c1-6-3-4-9(11)8(5-12)10(6)13-7(2)14/h3-4H,1-2H3,(H,13,14). The maximum Gasteiger partial charge on any atom is 0.221 e. The predicted octanol–water partition coefficient (Wildman–Crippen LogP) is 2.48. The lowest BCUT2D eigenvalue weighted by molar-refractivity contribution is -0.114. The predicted molar refractivity (Wildman–Crippen MR) is 55.2 cm³/mol. The van der Waals surface area contributed by atoms with E-state index in [9.17, 15) is 4.79 Å². The number of anilines is 1. The minimum absolute atomic E-state index is 0.216. The molecule has 0 atom stereocenters. The third kappa shape index (κ3) is 2.04. The van der Waals surface area contributed by atoms with Gasteiger partial charge in [0.05, 0.1) is 16.3 Å². The molecule has 0 spiro atoms. The third-order valence-corrected chi connectivity index (χ3v) is 2.09. The van der Waals surface area contributed by atoms with Gasteiger partial charge in [0.1, 0.15) is 6.07 Å². The smallest absolute Gasteiger partial charge is 0.221 e. The van der Waals surface area contributed by atoms with Crippen molar-refractivity contribution in [2.24, 2.45) is 0 Å². The molecule has 1 N–H and O–H groups in total. The molecule has 1 aromatic rings. The molecule has 0 aliphatic carbocycles. The van der Waals surface area contributed by atoms with Gasteiger partial charge in [-0.05, 0) is 18.6 Å². The maximum atomic E-state index is 10.9. The zero-order valence-electron chi connectivity index (χ0n) is 7.89. The zero-order valence-corrected chi connectivity index (χ0v) is 8.64. The molecule has 0 heterocycles. The molecular weight excluding hydrogens is 200 g/mol. The van der Waals surface area contributed by atoms with E-state index in [1.165, 1.54) is 6.92 Å². The number of amides is 1. The van der Waals surface area contributed by atoms with Crippen LogP contribution in [0.4, 0.5) is 5.69 Å². The molecule has 0 fully saturated rings. The molecule has 0 unspecified atom stereocenters. The summed E-state index contributed by atoms with van der Waals surface area (Å²) in [6, 6.07) is 5.36. The van der Waals surface area contributed by atoms with Gasteiger partial charge < -0.3 is 5.32 Å². The van der Waals surface area contributed by atoms with Gasteiger partial charge in [0, 0.05) is 6.92 Å². The van der Waals surface area contributed by atoms with Crippen molar-refractivity contribution in [3.05, 3.63) is 28.3 Å². The van der Waals surface area contributed by atoms with E-state index >= 15 is 0 Å². The Morgan fingerprint density at radius 2 is 2.21 bits per heavy atom. The SMILES string of the molecule is CC(=O)Nc1c(C)ccc(Cl)c1C#N. The molecule has 72 valence electrons. The topological polar surface area (TPSA) is 52.9 Å². The van der Waals surface area contributed by atoms with Crippen LogP contribution in [0.15, 0.2) is 12.1 Å². The molecule has 0 aliphatic heterocycles. The van der Waals surface area contributed by atoms with Crippen LogP contribution in [-0.4, -0.2) is 5.91 Å². The van der Waals surface area contributed by atoms with Gasteiger partial charge in [-0.1, -0.05) is 17.7 Å². The van der Waals surface area contributed by atoms with E-state index in [1.54, 1.807) is 12.1 Å². The number of nitrogens with zero attached hydrogens (tertiary/aromatic N) is 1. The quantitative estimate of drug-likeness (QED) is 0.771. The van der Waals surface area contributed by atoms with E-state index in [2.05, 4.69) is 5.32 Å². The van der Waals surface area contributed by atoms with Crippen molar-refractivity contribution in [3.63, 3.8) is 0 Å². The van der Waals surface area contributed by atoms with Crippen molar-refractivity contribution >= 4 is 23.2 Å². The highest BCUT2D eigenvalue weighted by Gasteiger charge is 2.10. The van der Waals surface area contributed by atoms with Crippen molar-refractivity contribution in [1.82, 2.24) is 0 Å². The number of carbonyl (C=O) groups excluding carboxylic acids is 1. The fourth-order valence-corrected chi connectivity index (χ4v) is 1.33. The first-order valence-electron chi connectivity index (χ1n) is 4.03. The van der Waals surface area contributed by atoms with Gasteiger partial charge in [0.2, 0.25) is 5.91 Å². The van der Waals surface area contributed by atoms with Gasteiger partial charge in [-0.15, -0.1) is 0 Å². The lowest BCUT2D eigenvalue weighted by Crippen LogP contribution is -2.09. The molecule has 1 amide bonds. The summed E-state index contributed by atoms with van der Waals surface area (Å²) < 4.78 is 0. The van der Waals surface area contributed by atoms with Gasteiger partial charge in [0.25, 0.3) is 0 Å². The molecular formula is C10H9ClN2O. The van der Waals surface area contributed by atoms with Crippen molar-refractivity contribution in [2.45, 2.75) is 13.8 Å². The summed E-state index contributed by atoms with van der Waals surface area (Å²) in [6.07, 6.45) is 0. The molecule has 0 aromatic heterocycles. The molecule has 0 radical (unpaired) electrons. The Morgan fingerprint density at radius 1 is 1.57 bits per heavy atom. The average Bonchev–Trinajstić information content (AvgIpc) is 2.11. The number of aryl methyl sites for hydroxylation is 1. The number of hydrogen-bond donors (Lipinski definition) is 1. The summed E-state index contributed by atoms with van der Waals surface area (Å²) in [5.41, 5.74) is 1.62. The van der Waals surface area contributed by atoms with Gasteiger partial charge in [-0.25, -0.2) is 0 Å². The Labute approximate surface area is 87.3 Å². The Kier molecular flexibility index (Phi) is 3.10. The summed E-state index contributed by atoms with van der Waals surface area (Å²) in [7, 11) is 0. The van der Waals surface area contributed by atoms with E-state index in [1.807, 2.05) is 13.0 Å². The van der Waals surface area contributed by atoms with Crippen LogP contribution in [0, 0.1) is 18.3 Å². The van der Waals surface area contributed by atoms with E-state index in [0.29, 0.717) is 16.3 Å². The van der Waals surface area contributed by atoms with Gasteiger partial charge >= 0.3 is 0 Å². The number of hydrogen-bond acceptors (Lipinski definition) is 2. The van der Waals surface area contributed by atoms with Crippen LogP contribution >= 0.6 is 11.6 Å². The minimum atomic E-state index is -0.216. The monoisotopic (exact) mass is 208 g/mol. The van der Waals surface area contributed by atoms with Gasteiger partial charge in [-0.2, -0.15) is 5.26 Å². The highest BCUT2D eigenvalue weighted by Crippen LogP contribution is 2.26. The molecule has 1 aromatic carbocycles. The number of halogens is 1. The number of carbonyl (C=O) groups is 1. The average molecular weight is 209 g/mol. The second-order valence-electron chi connectivity index (χ2n) is 2.91. The van der Waals surface area contributed by atoms with Gasteiger partial charge in [-0.3, -0.25) is 4.79 Å². The van der Waals surface area contributed by atoms with Crippen molar-refractivity contribution in [1.29, 1.82) is 5.26 Å². The van der Waals surface area contributed by atoms with Gasteiger partial charge in [0.15, 0.2) is 0 Å². The Morgan fingerprint density at radius 3 is 2.71 bits per heavy atom. The molecule has 0 saturated heterocycles. The highest BCUT2D eigenvalue weighted by molar-refractivity contribution is 6.32. The Hall–Kier alpha value is -1.53. The van der Waals surface area contributed by atoms with Crippen LogP contribution in [0.5, 0.6) is 0 Å². The molecule has 1 rings (SSSR count). The maximum absolute atomic E-state index is 10.9. The first-order valence-corrected chi connectivity index (χ1v) is 4.41. The fourth-order valence-electron chi connectivity index (χ4n) is 1.13. The number of benzene rings is 1. The normalized spacial score (nSPS) is 9.29. The van der Waals surface area contributed by atoms with Crippen molar-refractivity contribution in [2.75, 3.05) is 5.32 Å². The first kappa shape index (κ1) is 10.6. The van der Waals surface area contributed by atoms with Crippen LogP contribution in [0.2, 0.25) is 5.02 Å². The largest absolute Gasteiger partial charge is 0.325 e. The summed E-state index contributed by atoms with van der Waals surface area (Å²) in [5.74, 6) is -0.216. The highest BCUT2D eigenvalue weighted by atomic mass is 35.5. The number of rotatable bonds is 1. The van der Waals surface area contributed by atoms with Crippen molar-refractivity contribution < 1.29 is 4.79 Å².